The molecule has 0 saturated carbocycles. The van der Waals surface area contributed by atoms with Crippen LogP contribution in [0.1, 0.15) is 74.9 Å². The van der Waals surface area contributed by atoms with E-state index in [1.54, 1.807) is 12.1 Å². The molecule has 2 nitrogen and oxygen atoms in total. The summed E-state index contributed by atoms with van der Waals surface area (Å²) in [6.07, 6.45) is 0. The van der Waals surface area contributed by atoms with Gasteiger partial charge in [0.25, 0.3) is 0 Å². The minimum atomic E-state index is 0.0239. The molecular formula is C54H60O2SiZr-4. The summed E-state index contributed by atoms with van der Waals surface area (Å²) in [6, 6.07) is 62.1. The molecule has 8 aromatic carbocycles. The fraction of sp³-hybridized carbons (Fsp3) is 0.222. The number of rotatable bonds is 0. The molecule has 0 bridgehead atoms. The second kappa shape index (κ2) is 25.6. The monoisotopic (exact) mass is 858 g/mol. The molecule has 0 aromatic heterocycles. The number of benzene rings is 6. The van der Waals surface area contributed by atoms with Crippen LogP contribution in [0.25, 0.3) is 21.5 Å². The van der Waals surface area contributed by atoms with Gasteiger partial charge in [-0.05, 0) is 47.9 Å². The summed E-state index contributed by atoms with van der Waals surface area (Å²) in [4.78, 5) is 0. The van der Waals surface area contributed by atoms with Gasteiger partial charge < -0.3 is 10.2 Å². The van der Waals surface area contributed by atoms with Crippen molar-refractivity contribution in [3.63, 3.8) is 0 Å². The van der Waals surface area contributed by atoms with Gasteiger partial charge in [0.1, 0.15) is 11.5 Å². The molecule has 0 amide bonds. The van der Waals surface area contributed by atoms with Gasteiger partial charge in [-0.15, -0.1) is 81.2 Å². The van der Waals surface area contributed by atoms with Crippen molar-refractivity contribution in [2.75, 3.05) is 0 Å². The first-order valence-electron chi connectivity index (χ1n) is 19.5. The molecule has 4 heteroatoms. The molecule has 0 saturated heterocycles. The smallest absolute Gasteiger partial charge is 0.171 e. The van der Waals surface area contributed by atoms with E-state index >= 15 is 0 Å². The summed E-state index contributed by atoms with van der Waals surface area (Å²) in [7, 11) is 0. The van der Waals surface area contributed by atoms with E-state index < -0.39 is 0 Å². The topological polar surface area (TPSA) is 40.5 Å². The van der Waals surface area contributed by atoms with Gasteiger partial charge in [0.15, 0.2) is 0 Å². The van der Waals surface area contributed by atoms with Crippen LogP contribution in [-0.2, 0) is 34.2 Å². The molecule has 8 rings (SSSR count). The molecule has 0 aliphatic heterocycles. The molecule has 300 valence electrons. The predicted octanol–water partition coefficient (Wildman–Crippen LogP) is 14.3. The van der Waals surface area contributed by atoms with E-state index in [0.717, 1.165) is 11.1 Å². The number of fused-ring (bicyclic) bond motifs is 2. The van der Waals surface area contributed by atoms with Crippen molar-refractivity contribution < 1.29 is 33.5 Å². The van der Waals surface area contributed by atoms with Crippen molar-refractivity contribution in [3.8, 4) is 11.5 Å². The maximum absolute atomic E-state index is 9.57. The van der Waals surface area contributed by atoms with Crippen molar-refractivity contribution in [2.24, 2.45) is 0 Å². The molecule has 0 aliphatic rings. The zero-order chi connectivity index (χ0) is 43.1. The molecule has 58 heavy (non-hydrogen) atoms. The zero-order valence-electron chi connectivity index (χ0n) is 36.1. The normalized spacial score (nSPS) is 10.2. The standard InChI is InChI=1S/2C11H16O.2C10H9.2C6H5.Si.Zr/c2*1-8-5-6-10(12)9(7-8)11(2,3)4;2*1-8-6-9-4-2-3-5-10(9)7-8;2*1-2-4-6-5-3-1;;/h2*5-7,12H,1-4H3;2*2-7H,1H3;2*1-5H;;/q;;4*-1;;. The third kappa shape index (κ3) is 18.7. The van der Waals surface area contributed by atoms with E-state index in [2.05, 4.69) is 147 Å². The largest absolute Gasteiger partial charge is 0.184 e. The van der Waals surface area contributed by atoms with Gasteiger partial charge >= 0.3 is 30.2 Å². The van der Waals surface area contributed by atoms with Gasteiger partial charge in [-0.25, -0.2) is 0 Å². The molecule has 0 unspecified atom stereocenters. The average molecular weight is 860 g/mol. The Morgan fingerprint density at radius 2 is 0.776 bits per heavy atom. The van der Waals surface area contributed by atoms with Crippen LogP contribution in [0, 0.1) is 39.8 Å². The van der Waals surface area contributed by atoms with Crippen LogP contribution in [0.5, 0.6) is 11.5 Å². The summed E-state index contributed by atoms with van der Waals surface area (Å²) in [5.74, 6) is 0.793. The van der Waals surface area contributed by atoms with Crippen molar-refractivity contribution >= 4 is 28.4 Å². The van der Waals surface area contributed by atoms with Crippen LogP contribution in [0.2, 0.25) is 0 Å². The molecule has 0 fully saturated rings. The van der Waals surface area contributed by atoms with E-state index in [9.17, 15) is 10.2 Å². The van der Waals surface area contributed by atoms with E-state index in [1.165, 1.54) is 67.1 Å². The number of hydrogen-bond donors (Lipinski definition) is 2. The Bertz CT molecular complexity index is 2020. The van der Waals surface area contributed by atoms with Crippen LogP contribution in [0.3, 0.4) is 0 Å². The quantitative estimate of drug-likeness (QED) is 0.118. The minimum Gasteiger partial charge on any atom is -0.184 e. The molecule has 0 heterocycles. The summed E-state index contributed by atoms with van der Waals surface area (Å²) in [5, 5.41) is 24.5. The third-order valence-corrected chi connectivity index (χ3v) is 8.66. The van der Waals surface area contributed by atoms with Gasteiger partial charge in [-0.2, -0.15) is 84.9 Å². The second-order valence-corrected chi connectivity index (χ2v) is 16.0. The Hall–Kier alpha value is -4.76. The summed E-state index contributed by atoms with van der Waals surface area (Å²) < 4.78 is 0. The second-order valence-electron chi connectivity index (χ2n) is 16.0. The molecular weight excluding hydrogens is 800 g/mol. The van der Waals surface area contributed by atoms with E-state index in [1.807, 2.05) is 98.8 Å². The Morgan fingerprint density at radius 3 is 1.02 bits per heavy atom. The molecule has 2 radical (unpaired) electrons. The Kier molecular flexibility index (Phi) is 21.8. The molecule has 2 N–H and O–H groups in total. The number of aryl methyl sites for hydroxylation is 4. The summed E-state index contributed by atoms with van der Waals surface area (Å²) >= 11 is 1.36. The minimum absolute atomic E-state index is 0.0239. The number of phenolic OH excluding ortho intramolecular Hbond substituents is 2. The van der Waals surface area contributed by atoms with Gasteiger partial charge in [-0.3, -0.25) is 0 Å². The zero-order valence-corrected chi connectivity index (χ0v) is 39.5. The van der Waals surface area contributed by atoms with Crippen LogP contribution in [0.15, 0.2) is 170 Å². The van der Waals surface area contributed by atoms with Crippen molar-refractivity contribution in [3.05, 3.63) is 215 Å². The maximum Gasteiger partial charge on any atom is -0.171 e. The van der Waals surface area contributed by atoms with Gasteiger partial charge in [0.05, 0.1) is 0 Å². The molecule has 0 spiro atoms. The number of phenols is 2. The Balaban J connectivity index is 0.000000242. The fourth-order valence-corrected chi connectivity index (χ4v) is 5.80. The van der Waals surface area contributed by atoms with Gasteiger partial charge in [0.2, 0.25) is 0 Å². The molecule has 0 atom stereocenters. The van der Waals surface area contributed by atoms with Crippen LogP contribution in [0.4, 0.5) is 0 Å². The number of aromatic hydroxyl groups is 2. The van der Waals surface area contributed by atoms with E-state index in [4.69, 9.17) is 0 Å². The predicted molar refractivity (Wildman–Crippen MR) is 248 cm³/mol. The van der Waals surface area contributed by atoms with Crippen molar-refractivity contribution in [2.45, 2.75) is 80.1 Å². The molecule has 8 aromatic rings. The first-order chi connectivity index (χ1) is 27.5. The van der Waals surface area contributed by atoms with Crippen molar-refractivity contribution in [1.82, 2.24) is 0 Å². The summed E-state index contributed by atoms with van der Waals surface area (Å²) in [5.41, 5.74) is 7.16. The number of hydrogen-bond acceptors (Lipinski definition) is 2. The van der Waals surface area contributed by atoms with Gasteiger partial charge in [0, 0.05) is 0 Å². The first kappa shape index (κ1) is 49.4. The van der Waals surface area contributed by atoms with Crippen LogP contribution < -0.4 is 0 Å². The van der Waals surface area contributed by atoms with Crippen LogP contribution in [-0.4, -0.2) is 17.1 Å². The van der Waals surface area contributed by atoms with Crippen molar-refractivity contribution in [1.29, 1.82) is 0 Å². The Labute approximate surface area is 366 Å². The third-order valence-electron chi connectivity index (χ3n) is 8.66. The average Bonchev–Trinajstić information content (AvgIpc) is 3.80. The SMILES string of the molecule is Cc1cc2ccccc2[cH-]1.Cc1cc2ccccc2[cH-]1.Cc1ccc(O)c(C(C)(C)C)c1.Cc1ccc(O)c(C(C)(C)C)c1.[Si]=[Zr].[c-]1ccccc1.[c-]1ccccc1. The molecule has 0 aliphatic carbocycles. The Morgan fingerprint density at radius 1 is 0.448 bits per heavy atom. The summed E-state index contributed by atoms with van der Waals surface area (Å²) in [6.45, 7) is 24.0. The van der Waals surface area contributed by atoms with Crippen LogP contribution >= 0.6 is 0 Å². The fourth-order valence-electron chi connectivity index (χ4n) is 5.80. The van der Waals surface area contributed by atoms with E-state index in [0.29, 0.717) is 11.5 Å². The van der Waals surface area contributed by atoms with Gasteiger partial charge in [-0.1, -0.05) is 103 Å². The van der Waals surface area contributed by atoms with E-state index in [-0.39, 0.29) is 10.8 Å². The maximum atomic E-state index is 9.57. The first-order valence-corrected chi connectivity index (χ1v) is 23.6.